The molecule has 0 saturated carbocycles. The molecule has 1 rings (SSSR count). The zero-order valence-electron chi connectivity index (χ0n) is 9.94. The van der Waals surface area contributed by atoms with E-state index in [0.717, 1.165) is 26.1 Å². The van der Waals surface area contributed by atoms with Crippen molar-refractivity contribution < 1.29 is 9.90 Å². The first-order chi connectivity index (χ1) is 7.04. The smallest absolute Gasteiger partial charge is 0.304 e. The summed E-state index contributed by atoms with van der Waals surface area (Å²) in [7, 11) is 2.06. The largest absolute Gasteiger partial charge is 0.481 e. The van der Waals surface area contributed by atoms with Crippen LogP contribution in [0.3, 0.4) is 0 Å². The third kappa shape index (κ3) is 3.47. The molecule has 88 valence electrons. The third-order valence-corrected chi connectivity index (χ3v) is 3.30. The molecule has 0 aromatic heterocycles. The van der Waals surface area contributed by atoms with Crippen LogP contribution in [0, 0.1) is 0 Å². The molecule has 1 aliphatic rings. The Morgan fingerprint density at radius 1 is 1.53 bits per heavy atom. The van der Waals surface area contributed by atoms with Crippen molar-refractivity contribution in [2.75, 3.05) is 26.7 Å². The van der Waals surface area contributed by atoms with Crippen LogP contribution in [0.2, 0.25) is 0 Å². The zero-order chi connectivity index (χ0) is 11.4. The first kappa shape index (κ1) is 12.5. The summed E-state index contributed by atoms with van der Waals surface area (Å²) >= 11 is 0. The number of carbonyl (C=O) groups is 1. The summed E-state index contributed by atoms with van der Waals surface area (Å²) in [6.45, 7) is 7.24. The molecule has 0 bridgehead atoms. The van der Waals surface area contributed by atoms with Gasteiger partial charge in [-0.2, -0.15) is 0 Å². The van der Waals surface area contributed by atoms with E-state index in [9.17, 15) is 4.79 Å². The number of carboxylic acid groups (broad SMARTS) is 1. The molecular formula is C11H22N2O2. The SMILES string of the molecule is CCC(C)N1CCN(C)CC1CC(=O)O. The Morgan fingerprint density at radius 3 is 2.73 bits per heavy atom. The second-order valence-corrected chi connectivity index (χ2v) is 4.51. The van der Waals surface area contributed by atoms with Gasteiger partial charge in [-0.1, -0.05) is 6.92 Å². The van der Waals surface area contributed by atoms with Gasteiger partial charge < -0.3 is 10.0 Å². The molecule has 1 aliphatic heterocycles. The van der Waals surface area contributed by atoms with Crippen LogP contribution >= 0.6 is 0 Å². The van der Waals surface area contributed by atoms with Gasteiger partial charge in [0.1, 0.15) is 0 Å². The molecule has 0 aromatic carbocycles. The molecule has 0 spiro atoms. The molecule has 0 amide bonds. The van der Waals surface area contributed by atoms with Gasteiger partial charge in [0, 0.05) is 31.7 Å². The second-order valence-electron chi connectivity index (χ2n) is 4.51. The fourth-order valence-corrected chi connectivity index (χ4v) is 2.22. The molecule has 1 saturated heterocycles. The number of hydrogen-bond donors (Lipinski definition) is 1. The van der Waals surface area contributed by atoms with Crippen LogP contribution in [0.4, 0.5) is 0 Å². The van der Waals surface area contributed by atoms with Crippen molar-refractivity contribution in [3.63, 3.8) is 0 Å². The lowest BCUT2D eigenvalue weighted by molar-refractivity contribution is -0.139. The molecule has 4 nitrogen and oxygen atoms in total. The molecule has 2 atom stereocenters. The van der Waals surface area contributed by atoms with E-state index in [1.165, 1.54) is 0 Å². The van der Waals surface area contributed by atoms with Crippen LogP contribution in [0.15, 0.2) is 0 Å². The Morgan fingerprint density at radius 2 is 2.20 bits per heavy atom. The standard InChI is InChI=1S/C11H22N2O2/c1-4-9(2)13-6-5-12(3)8-10(13)7-11(14)15/h9-10H,4-8H2,1-3H3,(H,14,15). The van der Waals surface area contributed by atoms with Gasteiger partial charge in [0.15, 0.2) is 0 Å². The number of piperazine rings is 1. The van der Waals surface area contributed by atoms with Crippen LogP contribution in [0.5, 0.6) is 0 Å². The summed E-state index contributed by atoms with van der Waals surface area (Å²) in [4.78, 5) is 15.3. The maximum Gasteiger partial charge on any atom is 0.304 e. The molecular weight excluding hydrogens is 192 g/mol. The number of aliphatic carboxylic acids is 1. The first-order valence-electron chi connectivity index (χ1n) is 5.70. The lowest BCUT2D eigenvalue weighted by atomic mass is 10.0. The van der Waals surface area contributed by atoms with Gasteiger partial charge in [0.25, 0.3) is 0 Å². The van der Waals surface area contributed by atoms with Gasteiger partial charge in [0.2, 0.25) is 0 Å². The summed E-state index contributed by atoms with van der Waals surface area (Å²) in [5.74, 6) is -0.691. The fourth-order valence-electron chi connectivity index (χ4n) is 2.22. The van der Waals surface area contributed by atoms with Gasteiger partial charge in [0.05, 0.1) is 6.42 Å². The summed E-state index contributed by atoms with van der Waals surface area (Å²) in [6.07, 6.45) is 1.34. The highest BCUT2D eigenvalue weighted by atomic mass is 16.4. The predicted molar refractivity (Wildman–Crippen MR) is 60.0 cm³/mol. The first-order valence-corrected chi connectivity index (χ1v) is 5.70. The summed E-state index contributed by atoms with van der Waals surface area (Å²) in [5, 5.41) is 8.88. The summed E-state index contributed by atoms with van der Waals surface area (Å²) in [5.41, 5.74) is 0. The van der Waals surface area contributed by atoms with Crippen molar-refractivity contribution in [3.8, 4) is 0 Å². The predicted octanol–water partition coefficient (Wildman–Crippen LogP) is 0.876. The van der Waals surface area contributed by atoms with E-state index < -0.39 is 5.97 Å². The summed E-state index contributed by atoms with van der Waals surface area (Å²) in [6, 6.07) is 0.666. The van der Waals surface area contributed by atoms with E-state index in [2.05, 4.69) is 30.7 Å². The lowest BCUT2D eigenvalue weighted by Crippen LogP contribution is -2.55. The number of rotatable bonds is 4. The molecule has 15 heavy (non-hydrogen) atoms. The molecule has 1 heterocycles. The van der Waals surface area contributed by atoms with Gasteiger partial charge >= 0.3 is 5.97 Å². The molecule has 0 aromatic rings. The topological polar surface area (TPSA) is 43.8 Å². The van der Waals surface area contributed by atoms with E-state index >= 15 is 0 Å². The van der Waals surface area contributed by atoms with Gasteiger partial charge in [-0.15, -0.1) is 0 Å². The molecule has 4 heteroatoms. The van der Waals surface area contributed by atoms with Crippen LogP contribution in [-0.4, -0.2) is 59.6 Å². The Labute approximate surface area is 91.9 Å². The molecule has 0 aliphatic carbocycles. The van der Waals surface area contributed by atoms with E-state index in [4.69, 9.17) is 5.11 Å². The maximum atomic E-state index is 10.8. The van der Waals surface area contributed by atoms with Crippen molar-refractivity contribution in [3.05, 3.63) is 0 Å². The van der Waals surface area contributed by atoms with Crippen LogP contribution in [0.1, 0.15) is 26.7 Å². The quantitative estimate of drug-likeness (QED) is 0.754. The van der Waals surface area contributed by atoms with Crippen molar-refractivity contribution in [2.45, 2.75) is 38.8 Å². The van der Waals surface area contributed by atoms with Gasteiger partial charge in [-0.05, 0) is 20.4 Å². The monoisotopic (exact) mass is 214 g/mol. The number of carboxylic acids is 1. The van der Waals surface area contributed by atoms with Crippen LogP contribution in [-0.2, 0) is 4.79 Å². The van der Waals surface area contributed by atoms with Gasteiger partial charge in [-0.25, -0.2) is 0 Å². The van der Waals surface area contributed by atoms with Crippen LogP contribution < -0.4 is 0 Å². The Balaban J connectivity index is 2.61. The lowest BCUT2D eigenvalue weighted by Gasteiger charge is -2.42. The number of likely N-dealkylation sites (N-methyl/N-ethyl adjacent to an activating group) is 1. The highest BCUT2D eigenvalue weighted by Crippen LogP contribution is 2.16. The van der Waals surface area contributed by atoms with Crippen molar-refractivity contribution in [1.82, 2.24) is 9.80 Å². The fraction of sp³-hybridized carbons (Fsp3) is 0.909. The Kier molecular flexibility index (Phi) is 4.54. The number of nitrogens with zero attached hydrogens (tertiary/aromatic N) is 2. The zero-order valence-corrected chi connectivity index (χ0v) is 9.94. The van der Waals surface area contributed by atoms with E-state index in [1.54, 1.807) is 0 Å². The third-order valence-electron chi connectivity index (χ3n) is 3.30. The van der Waals surface area contributed by atoms with Gasteiger partial charge in [-0.3, -0.25) is 9.69 Å². The summed E-state index contributed by atoms with van der Waals surface area (Å²) < 4.78 is 0. The minimum absolute atomic E-state index is 0.177. The molecule has 0 radical (unpaired) electrons. The van der Waals surface area contributed by atoms with E-state index in [0.29, 0.717) is 6.04 Å². The highest BCUT2D eigenvalue weighted by Gasteiger charge is 2.29. The molecule has 2 unspecified atom stereocenters. The maximum absolute atomic E-state index is 10.8. The Bertz CT molecular complexity index is 221. The van der Waals surface area contributed by atoms with E-state index in [1.807, 2.05) is 0 Å². The second kappa shape index (κ2) is 5.47. The minimum Gasteiger partial charge on any atom is -0.481 e. The molecule has 1 fully saturated rings. The van der Waals surface area contributed by atoms with Crippen molar-refractivity contribution >= 4 is 5.97 Å². The molecule has 1 N–H and O–H groups in total. The van der Waals surface area contributed by atoms with Crippen molar-refractivity contribution in [2.24, 2.45) is 0 Å². The number of hydrogen-bond acceptors (Lipinski definition) is 3. The average molecular weight is 214 g/mol. The highest BCUT2D eigenvalue weighted by molar-refractivity contribution is 5.67. The minimum atomic E-state index is -0.691. The average Bonchev–Trinajstić information content (AvgIpc) is 2.16. The van der Waals surface area contributed by atoms with Crippen LogP contribution in [0.25, 0.3) is 0 Å². The normalized spacial score (nSPS) is 26.5. The van der Waals surface area contributed by atoms with Crippen molar-refractivity contribution in [1.29, 1.82) is 0 Å². The van der Waals surface area contributed by atoms with E-state index in [-0.39, 0.29) is 12.5 Å². The Hall–Kier alpha value is -0.610.